The molecule has 0 aromatic heterocycles. The second kappa shape index (κ2) is 7.08. The summed E-state index contributed by atoms with van der Waals surface area (Å²) in [7, 11) is 0. The van der Waals surface area contributed by atoms with Crippen LogP contribution in [0.15, 0.2) is 18.2 Å². The molecule has 5 heteroatoms. The van der Waals surface area contributed by atoms with Gasteiger partial charge in [0.25, 0.3) is 0 Å². The number of hydrogen-bond donors (Lipinski definition) is 0. The van der Waals surface area contributed by atoms with Crippen molar-refractivity contribution in [1.29, 1.82) is 0 Å². The van der Waals surface area contributed by atoms with Crippen LogP contribution in [0.2, 0.25) is 0 Å². The van der Waals surface area contributed by atoms with Gasteiger partial charge in [-0.3, -0.25) is 0 Å². The minimum Gasteiger partial charge on any atom is -0.490 e. The minimum atomic E-state index is -4.73. The van der Waals surface area contributed by atoms with E-state index in [9.17, 15) is 13.2 Å². The van der Waals surface area contributed by atoms with Crippen molar-refractivity contribution in [2.45, 2.75) is 51.8 Å². The van der Waals surface area contributed by atoms with Crippen LogP contribution in [-0.4, -0.2) is 13.0 Å². The third-order valence-corrected chi connectivity index (χ3v) is 4.81. The summed E-state index contributed by atoms with van der Waals surface area (Å²) in [6, 6.07) is 3.39. The molecule has 0 unspecified atom stereocenters. The van der Waals surface area contributed by atoms with Crippen molar-refractivity contribution in [1.82, 2.24) is 0 Å². The summed E-state index contributed by atoms with van der Waals surface area (Å²) in [5.41, 5.74) is 1.21. The fraction of sp³-hybridized carbons (Fsp3) is 0.579. The van der Waals surface area contributed by atoms with Gasteiger partial charge < -0.3 is 9.47 Å². The van der Waals surface area contributed by atoms with Crippen molar-refractivity contribution in [3.05, 3.63) is 29.3 Å². The molecule has 1 aromatic rings. The Morgan fingerprint density at radius 3 is 2.50 bits per heavy atom. The Balaban J connectivity index is 1.75. The molecule has 2 aliphatic carbocycles. The molecule has 132 valence electrons. The summed E-state index contributed by atoms with van der Waals surface area (Å²) in [6.07, 6.45) is 6.04. The van der Waals surface area contributed by atoms with Gasteiger partial charge in [-0.1, -0.05) is 37.5 Å². The number of hydrogen-bond acceptors (Lipinski definition) is 2. The van der Waals surface area contributed by atoms with E-state index in [1.807, 2.05) is 6.08 Å². The molecule has 24 heavy (non-hydrogen) atoms. The molecule has 2 nitrogen and oxygen atoms in total. The van der Waals surface area contributed by atoms with Crippen LogP contribution >= 0.6 is 0 Å². The molecule has 1 aromatic carbocycles. The highest BCUT2D eigenvalue weighted by atomic mass is 19.4. The number of ether oxygens (including phenoxy) is 2. The molecule has 0 amide bonds. The molecule has 2 aliphatic rings. The van der Waals surface area contributed by atoms with Gasteiger partial charge >= 0.3 is 6.36 Å². The average Bonchev–Trinajstić information content (AvgIpc) is 3.27. The van der Waals surface area contributed by atoms with Gasteiger partial charge in [-0.15, -0.1) is 13.2 Å². The van der Waals surface area contributed by atoms with Gasteiger partial charge in [0.15, 0.2) is 11.5 Å². The highest BCUT2D eigenvalue weighted by molar-refractivity contribution is 5.62. The van der Waals surface area contributed by atoms with Gasteiger partial charge in [0, 0.05) is 5.56 Å². The second-order valence-electron chi connectivity index (χ2n) is 6.79. The highest BCUT2D eigenvalue weighted by Gasteiger charge is 2.34. The first kappa shape index (κ1) is 17.2. The first-order chi connectivity index (χ1) is 11.4. The normalized spacial score (nSPS) is 18.7. The van der Waals surface area contributed by atoms with E-state index in [2.05, 4.69) is 10.8 Å². The molecule has 2 fully saturated rings. The predicted molar refractivity (Wildman–Crippen MR) is 87.1 cm³/mol. The number of rotatable bonds is 7. The van der Waals surface area contributed by atoms with E-state index in [0.717, 1.165) is 24.8 Å². The molecule has 0 atom stereocenters. The lowest BCUT2D eigenvalue weighted by Crippen LogP contribution is -2.19. The maximum atomic E-state index is 12.8. The number of allylic oxidation sites excluding steroid dienone is 1. The molecular formula is C19H23F3O2. The van der Waals surface area contributed by atoms with Crippen LogP contribution in [0, 0.1) is 18.8 Å². The Kier molecular flexibility index (Phi) is 5.07. The van der Waals surface area contributed by atoms with Crippen LogP contribution < -0.4 is 9.47 Å². The van der Waals surface area contributed by atoms with Gasteiger partial charge in [0.05, 0.1) is 6.61 Å². The van der Waals surface area contributed by atoms with E-state index < -0.39 is 6.36 Å². The molecule has 2 saturated carbocycles. The summed E-state index contributed by atoms with van der Waals surface area (Å²) in [5, 5.41) is 0. The van der Waals surface area contributed by atoms with Crippen LogP contribution in [0.1, 0.15) is 49.7 Å². The second-order valence-corrected chi connectivity index (χ2v) is 6.79. The lowest BCUT2D eigenvalue weighted by atomic mass is 9.83. The third kappa shape index (κ3) is 4.68. The Labute approximate surface area is 140 Å². The van der Waals surface area contributed by atoms with Crippen molar-refractivity contribution in [2.75, 3.05) is 6.61 Å². The van der Waals surface area contributed by atoms with Crippen LogP contribution in [0.3, 0.4) is 0 Å². The van der Waals surface area contributed by atoms with E-state index >= 15 is 0 Å². The van der Waals surface area contributed by atoms with E-state index in [-0.39, 0.29) is 11.5 Å². The summed E-state index contributed by atoms with van der Waals surface area (Å²) in [4.78, 5) is 0. The number of alkyl halides is 3. The first-order valence-corrected chi connectivity index (χ1v) is 8.63. The van der Waals surface area contributed by atoms with Gasteiger partial charge in [-0.25, -0.2) is 0 Å². The van der Waals surface area contributed by atoms with Crippen molar-refractivity contribution in [2.24, 2.45) is 11.8 Å². The van der Waals surface area contributed by atoms with E-state index in [1.165, 1.54) is 19.3 Å². The lowest BCUT2D eigenvalue weighted by Gasteiger charge is -2.25. The van der Waals surface area contributed by atoms with Crippen molar-refractivity contribution in [3.8, 4) is 11.5 Å². The lowest BCUT2D eigenvalue weighted by molar-refractivity contribution is -0.275. The van der Waals surface area contributed by atoms with Gasteiger partial charge in [-0.2, -0.15) is 0 Å². The number of benzene rings is 1. The zero-order valence-electron chi connectivity index (χ0n) is 13.9. The summed E-state index contributed by atoms with van der Waals surface area (Å²) < 4.78 is 48.2. The maximum Gasteiger partial charge on any atom is 0.573 e. The van der Waals surface area contributed by atoms with Gasteiger partial charge in [-0.05, 0) is 49.7 Å². The maximum absolute atomic E-state index is 12.8. The molecule has 0 heterocycles. The zero-order chi connectivity index (χ0) is 17.2. The van der Waals surface area contributed by atoms with E-state index in [1.54, 1.807) is 19.1 Å². The SMILES string of the molecule is Cc1c(/C=C/C2CC2)ccc(OCCC2CCC2)c1OC(F)(F)F. The number of halogens is 3. The monoisotopic (exact) mass is 340 g/mol. The minimum absolute atomic E-state index is 0.174. The van der Waals surface area contributed by atoms with Crippen molar-refractivity contribution >= 4 is 6.08 Å². The molecule has 0 bridgehead atoms. The highest BCUT2D eigenvalue weighted by Crippen LogP contribution is 2.39. The van der Waals surface area contributed by atoms with Gasteiger partial charge in [0.1, 0.15) is 0 Å². The Morgan fingerprint density at radius 2 is 1.92 bits per heavy atom. The molecule has 0 aliphatic heterocycles. The fourth-order valence-electron chi connectivity index (χ4n) is 2.86. The van der Waals surface area contributed by atoms with Crippen LogP contribution in [-0.2, 0) is 0 Å². The smallest absolute Gasteiger partial charge is 0.490 e. The average molecular weight is 340 g/mol. The Bertz CT molecular complexity index is 599. The van der Waals surface area contributed by atoms with Crippen molar-refractivity contribution < 1.29 is 22.6 Å². The molecule has 0 radical (unpaired) electrons. The zero-order valence-corrected chi connectivity index (χ0v) is 13.9. The van der Waals surface area contributed by atoms with Crippen LogP contribution in [0.25, 0.3) is 6.08 Å². The summed E-state index contributed by atoms with van der Waals surface area (Å²) in [5.74, 6) is 1.18. The fourth-order valence-corrected chi connectivity index (χ4v) is 2.86. The summed E-state index contributed by atoms with van der Waals surface area (Å²) >= 11 is 0. The quantitative estimate of drug-likeness (QED) is 0.616. The topological polar surface area (TPSA) is 18.5 Å². The molecule has 0 N–H and O–H groups in total. The third-order valence-electron chi connectivity index (χ3n) is 4.81. The van der Waals surface area contributed by atoms with Crippen LogP contribution in [0.4, 0.5) is 13.2 Å². The molecule has 0 saturated heterocycles. The Morgan fingerprint density at radius 1 is 1.17 bits per heavy atom. The largest absolute Gasteiger partial charge is 0.573 e. The predicted octanol–water partition coefficient (Wildman–Crippen LogP) is 5.89. The standard InChI is InChI=1S/C19H23F3O2/c1-13-16(8-7-15-5-6-15)9-10-17(18(13)24-19(20,21)22)23-12-11-14-3-2-4-14/h7-10,14-15H,2-6,11-12H2,1H3/b8-7+. The molecule has 3 rings (SSSR count). The van der Waals surface area contributed by atoms with E-state index in [4.69, 9.17) is 4.74 Å². The van der Waals surface area contributed by atoms with Gasteiger partial charge in [0.2, 0.25) is 0 Å². The summed E-state index contributed by atoms with van der Waals surface area (Å²) in [6.45, 7) is 2.07. The van der Waals surface area contributed by atoms with Crippen LogP contribution in [0.5, 0.6) is 11.5 Å². The van der Waals surface area contributed by atoms with E-state index in [0.29, 0.717) is 24.0 Å². The molecular weight excluding hydrogens is 317 g/mol. The molecule has 0 spiro atoms. The first-order valence-electron chi connectivity index (χ1n) is 8.63. The Hall–Kier alpha value is -1.65. The van der Waals surface area contributed by atoms with Crippen molar-refractivity contribution in [3.63, 3.8) is 0 Å².